The molecule has 0 aliphatic carbocycles. The number of nitrogens with zero attached hydrogens (tertiary/aromatic N) is 2. The van der Waals surface area contributed by atoms with Crippen LogP contribution in [0.2, 0.25) is 0 Å². The standard InChI is InChI=1S/C12H25N3O2/c1-4-14-5-6-15(9-10(14)2)12(16)7-11(8-13)17-3/h10-11H,4-9,13H2,1-3H3. The second-order valence-electron chi connectivity index (χ2n) is 4.61. The van der Waals surface area contributed by atoms with Gasteiger partial charge in [0.1, 0.15) is 0 Å². The van der Waals surface area contributed by atoms with Crippen LogP contribution in [-0.2, 0) is 9.53 Å². The molecular weight excluding hydrogens is 218 g/mol. The maximum absolute atomic E-state index is 12.0. The summed E-state index contributed by atoms with van der Waals surface area (Å²) in [5.41, 5.74) is 5.53. The molecule has 2 unspecified atom stereocenters. The summed E-state index contributed by atoms with van der Waals surface area (Å²) in [6.45, 7) is 8.36. The minimum absolute atomic E-state index is 0.151. The van der Waals surface area contributed by atoms with Crippen molar-refractivity contribution in [3.63, 3.8) is 0 Å². The third-order valence-corrected chi connectivity index (χ3v) is 3.52. The van der Waals surface area contributed by atoms with Crippen LogP contribution in [-0.4, -0.2) is 67.7 Å². The van der Waals surface area contributed by atoms with Crippen LogP contribution in [0.15, 0.2) is 0 Å². The molecule has 1 fully saturated rings. The molecule has 5 nitrogen and oxygen atoms in total. The molecule has 1 saturated heterocycles. The Labute approximate surface area is 104 Å². The summed E-state index contributed by atoms with van der Waals surface area (Å²) in [4.78, 5) is 16.4. The van der Waals surface area contributed by atoms with E-state index in [0.29, 0.717) is 19.0 Å². The summed E-state index contributed by atoms with van der Waals surface area (Å²) in [5.74, 6) is 0.157. The van der Waals surface area contributed by atoms with E-state index >= 15 is 0 Å². The number of likely N-dealkylation sites (N-methyl/N-ethyl adjacent to an activating group) is 1. The molecule has 2 atom stereocenters. The van der Waals surface area contributed by atoms with Gasteiger partial charge in [0, 0.05) is 39.3 Å². The first kappa shape index (κ1) is 14.4. The van der Waals surface area contributed by atoms with Gasteiger partial charge in [-0.15, -0.1) is 0 Å². The summed E-state index contributed by atoms with van der Waals surface area (Å²) in [6, 6.07) is 0.441. The van der Waals surface area contributed by atoms with Crippen LogP contribution in [0, 0.1) is 0 Å². The lowest BCUT2D eigenvalue weighted by Gasteiger charge is -2.39. The maximum Gasteiger partial charge on any atom is 0.225 e. The molecule has 17 heavy (non-hydrogen) atoms. The van der Waals surface area contributed by atoms with E-state index in [9.17, 15) is 4.79 Å². The fourth-order valence-electron chi connectivity index (χ4n) is 2.28. The zero-order chi connectivity index (χ0) is 12.8. The third kappa shape index (κ3) is 3.94. The topological polar surface area (TPSA) is 58.8 Å². The van der Waals surface area contributed by atoms with Gasteiger partial charge in [-0.25, -0.2) is 0 Å². The van der Waals surface area contributed by atoms with Gasteiger partial charge in [-0.3, -0.25) is 9.69 Å². The number of hydrogen-bond donors (Lipinski definition) is 1. The van der Waals surface area contributed by atoms with Crippen molar-refractivity contribution in [3.8, 4) is 0 Å². The first-order valence-corrected chi connectivity index (χ1v) is 6.37. The molecule has 0 saturated carbocycles. The Bertz CT molecular complexity index is 244. The Hall–Kier alpha value is -0.650. The van der Waals surface area contributed by atoms with E-state index in [2.05, 4.69) is 18.7 Å². The van der Waals surface area contributed by atoms with E-state index in [0.717, 1.165) is 26.2 Å². The summed E-state index contributed by atoms with van der Waals surface area (Å²) in [7, 11) is 1.60. The maximum atomic E-state index is 12.0. The number of carbonyl (C=O) groups is 1. The molecule has 1 heterocycles. The number of nitrogens with two attached hydrogens (primary N) is 1. The van der Waals surface area contributed by atoms with Gasteiger partial charge in [0.2, 0.25) is 5.91 Å². The molecule has 2 N–H and O–H groups in total. The van der Waals surface area contributed by atoms with E-state index in [4.69, 9.17) is 10.5 Å². The Morgan fingerprint density at radius 3 is 2.71 bits per heavy atom. The number of carbonyl (C=O) groups excluding carboxylic acids is 1. The Morgan fingerprint density at radius 1 is 1.53 bits per heavy atom. The minimum atomic E-state index is -0.151. The van der Waals surface area contributed by atoms with Crippen molar-refractivity contribution >= 4 is 5.91 Å². The number of piperazine rings is 1. The zero-order valence-electron chi connectivity index (χ0n) is 11.2. The molecule has 1 aliphatic heterocycles. The van der Waals surface area contributed by atoms with Gasteiger partial charge in [-0.2, -0.15) is 0 Å². The van der Waals surface area contributed by atoms with Gasteiger partial charge in [-0.05, 0) is 13.5 Å². The smallest absolute Gasteiger partial charge is 0.225 e. The lowest BCUT2D eigenvalue weighted by atomic mass is 10.1. The highest BCUT2D eigenvalue weighted by atomic mass is 16.5. The second kappa shape index (κ2) is 6.93. The molecule has 1 amide bonds. The molecule has 0 radical (unpaired) electrons. The average molecular weight is 243 g/mol. The average Bonchev–Trinajstić information content (AvgIpc) is 2.35. The predicted octanol–water partition coefficient (Wildman–Crippen LogP) is -0.0972. The highest BCUT2D eigenvalue weighted by molar-refractivity contribution is 5.76. The highest BCUT2D eigenvalue weighted by Gasteiger charge is 2.26. The lowest BCUT2D eigenvalue weighted by Crippen LogP contribution is -2.53. The minimum Gasteiger partial charge on any atom is -0.380 e. The normalized spacial score (nSPS) is 23.8. The van der Waals surface area contributed by atoms with Gasteiger partial charge in [-0.1, -0.05) is 6.92 Å². The van der Waals surface area contributed by atoms with E-state index in [-0.39, 0.29) is 12.0 Å². The molecule has 100 valence electrons. The molecular formula is C12H25N3O2. The predicted molar refractivity (Wildman–Crippen MR) is 67.8 cm³/mol. The first-order chi connectivity index (χ1) is 8.12. The first-order valence-electron chi connectivity index (χ1n) is 6.37. The van der Waals surface area contributed by atoms with Crippen LogP contribution >= 0.6 is 0 Å². The van der Waals surface area contributed by atoms with Crippen LogP contribution in [0.5, 0.6) is 0 Å². The van der Waals surface area contributed by atoms with Gasteiger partial charge in [0.05, 0.1) is 12.5 Å². The van der Waals surface area contributed by atoms with Gasteiger partial charge < -0.3 is 15.4 Å². The van der Waals surface area contributed by atoms with Gasteiger partial charge in [0.15, 0.2) is 0 Å². The van der Waals surface area contributed by atoms with E-state index in [1.54, 1.807) is 7.11 Å². The molecule has 0 bridgehead atoms. The van der Waals surface area contributed by atoms with Crippen LogP contribution in [0.25, 0.3) is 0 Å². The fraction of sp³-hybridized carbons (Fsp3) is 0.917. The largest absolute Gasteiger partial charge is 0.380 e. The van der Waals surface area contributed by atoms with Gasteiger partial charge >= 0.3 is 0 Å². The van der Waals surface area contributed by atoms with Crippen LogP contribution in [0.4, 0.5) is 0 Å². The summed E-state index contributed by atoms with van der Waals surface area (Å²) < 4.78 is 5.15. The van der Waals surface area contributed by atoms with E-state index in [1.165, 1.54) is 0 Å². The Morgan fingerprint density at radius 2 is 2.24 bits per heavy atom. The number of rotatable bonds is 5. The SMILES string of the molecule is CCN1CCN(C(=O)CC(CN)OC)CC1C. The monoisotopic (exact) mass is 243 g/mol. The van der Waals surface area contributed by atoms with E-state index < -0.39 is 0 Å². The second-order valence-corrected chi connectivity index (χ2v) is 4.61. The quantitative estimate of drug-likeness (QED) is 0.733. The summed E-state index contributed by atoms with van der Waals surface area (Å²) >= 11 is 0. The van der Waals surface area contributed by atoms with Crippen LogP contribution in [0.3, 0.4) is 0 Å². The lowest BCUT2D eigenvalue weighted by molar-refractivity contribution is -0.136. The van der Waals surface area contributed by atoms with Crippen molar-refractivity contribution in [2.24, 2.45) is 5.73 Å². The van der Waals surface area contributed by atoms with Crippen molar-refractivity contribution < 1.29 is 9.53 Å². The van der Waals surface area contributed by atoms with Crippen molar-refractivity contribution in [1.29, 1.82) is 0 Å². The van der Waals surface area contributed by atoms with Crippen molar-refractivity contribution in [3.05, 3.63) is 0 Å². The van der Waals surface area contributed by atoms with Crippen LogP contribution < -0.4 is 5.73 Å². The molecule has 0 aromatic rings. The number of methoxy groups -OCH3 is 1. The number of hydrogen-bond acceptors (Lipinski definition) is 4. The molecule has 1 aliphatic rings. The molecule has 0 spiro atoms. The zero-order valence-corrected chi connectivity index (χ0v) is 11.2. The summed E-state index contributed by atoms with van der Waals surface area (Å²) in [6.07, 6.45) is 0.244. The molecule has 1 rings (SSSR count). The van der Waals surface area contributed by atoms with Crippen LogP contribution in [0.1, 0.15) is 20.3 Å². The van der Waals surface area contributed by atoms with E-state index in [1.807, 2.05) is 4.90 Å². The number of ether oxygens (including phenoxy) is 1. The molecule has 0 aromatic heterocycles. The Kier molecular flexibility index (Phi) is 5.88. The van der Waals surface area contributed by atoms with Crippen molar-refractivity contribution in [2.75, 3.05) is 39.8 Å². The fourth-order valence-corrected chi connectivity index (χ4v) is 2.28. The number of amides is 1. The molecule has 5 heteroatoms. The summed E-state index contributed by atoms with van der Waals surface area (Å²) in [5, 5.41) is 0. The molecule has 0 aromatic carbocycles. The van der Waals surface area contributed by atoms with Crippen molar-refractivity contribution in [2.45, 2.75) is 32.4 Å². The Balaban J connectivity index is 2.43. The highest BCUT2D eigenvalue weighted by Crippen LogP contribution is 2.11. The third-order valence-electron chi connectivity index (χ3n) is 3.52. The van der Waals surface area contributed by atoms with Crippen molar-refractivity contribution in [1.82, 2.24) is 9.80 Å². The van der Waals surface area contributed by atoms with Gasteiger partial charge in [0.25, 0.3) is 0 Å².